The topological polar surface area (TPSA) is 50.1 Å². The van der Waals surface area contributed by atoms with Crippen molar-refractivity contribution in [1.29, 1.82) is 0 Å². The second kappa shape index (κ2) is 4.86. The van der Waals surface area contributed by atoms with E-state index >= 15 is 0 Å². The number of fused-ring (bicyclic) bond motifs is 5. The van der Waals surface area contributed by atoms with Crippen molar-refractivity contribution in [2.45, 2.75) is 6.17 Å². The molecule has 1 aliphatic rings. The first-order chi connectivity index (χ1) is 11.8. The zero-order chi connectivity index (χ0) is 16.1. The molecule has 1 aliphatic heterocycles. The Morgan fingerprint density at radius 2 is 1.75 bits per heavy atom. The number of aromatic hydroxyl groups is 1. The SMILES string of the molecule is Oc1cccc(C2Nc3ccccc3-c3nc4ccccc4n32)c1. The molecule has 0 amide bonds. The molecular weight excluding hydrogens is 298 g/mol. The fourth-order valence-corrected chi connectivity index (χ4v) is 3.44. The third-order valence-electron chi connectivity index (χ3n) is 4.50. The molecule has 0 saturated carbocycles. The highest BCUT2D eigenvalue weighted by Gasteiger charge is 2.27. The lowest BCUT2D eigenvalue weighted by Gasteiger charge is -2.30. The molecule has 4 heteroatoms. The number of hydrogen-bond donors (Lipinski definition) is 2. The van der Waals surface area contributed by atoms with Gasteiger partial charge in [0.1, 0.15) is 17.7 Å². The van der Waals surface area contributed by atoms with Crippen LogP contribution in [0.4, 0.5) is 5.69 Å². The van der Waals surface area contributed by atoms with Crippen LogP contribution in [0.2, 0.25) is 0 Å². The standard InChI is InChI=1S/C20H15N3O/c24-14-7-5-6-13(12-14)19-21-16-9-2-1-8-15(16)20-22-17-10-3-4-11-18(17)23(19)20/h1-12,19,21,24H. The summed E-state index contributed by atoms with van der Waals surface area (Å²) < 4.78 is 2.20. The van der Waals surface area contributed by atoms with E-state index in [2.05, 4.69) is 28.1 Å². The van der Waals surface area contributed by atoms with Crippen molar-refractivity contribution in [3.63, 3.8) is 0 Å². The molecule has 24 heavy (non-hydrogen) atoms. The van der Waals surface area contributed by atoms with Crippen molar-refractivity contribution < 1.29 is 5.11 Å². The largest absolute Gasteiger partial charge is 0.508 e. The minimum Gasteiger partial charge on any atom is -0.508 e. The summed E-state index contributed by atoms with van der Waals surface area (Å²) in [5.41, 5.74) is 5.17. The maximum Gasteiger partial charge on any atom is 0.145 e. The van der Waals surface area contributed by atoms with Crippen LogP contribution in [0.15, 0.2) is 72.8 Å². The summed E-state index contributed by atoms with van der Waals surface area (Å²) in [6, 6.07) is 23.7. The number of para-hydroxylation sites is 3. The molecule has 1 atom stereocenters. The summed E-state index contributed by atoms with van der Waals surface area (Å²) in [7, 11) is 0. The smallest absolute Gasteiger partial charge is 0.145 e. The third kappa shape index (κ3) is 1.83. The van der Waals surface area contributed by atoms with Gasteiger partial charge in [-0.3, -0.25) is 4.57 Å². The van der Waals surface area contributed by atoms with Gasteiger partial charge in [-0.25, -0.2) is 4.98 Å². The molecular formula is C20H15N3O. The second-order valence-electron chi connectivity index (χ2n) is 5.98. The molecule has 0 radical (unpaired) electrons. The molecule has 0 bridgehead atoms. The predicted molar refractivity (Wildman–Crippen MR) is 95.0 cm³/mol. The van der Waals surface area contributed by atoms with Crippen molar-refractivity contribution in [1.82, 2.24) is 9.55 Å². The van der Waals surface area contributed by atoms with Gasteiger partial charge in [-0.1, -0.05) is 36.4 Å². The number of aromatic nitrogens is 2. The van der Waals surface area contributed by atoms with Gasteiger partial charge in [-0.2, -0.15) is 0 Å². The lowest BCUT2D eigenvalue weighted by Crippen LogP contribution is -2.24. The Morgan fingerprint density at radius 3 is 2.67 bits per heavy atom. The number of anilines is 1. The van der Waals surface area contributed by atoms with E-state index in [4.69, 9.17) is 4.98 Å². The summed E-state index contributed by atoms with van der Waals surface area (Å²) in [6.07, 6.45) is -0.116. The summed E-state index contributed by atoms with van der Waals surface area (Å²) in [5.74, 6) is 1.21. The van der Waals surface area contributed by atoms with Gasteiger partial charge in [0.25, 0.3) is 0 Å². The van der Waals surface area contributed by atoms with Crippen LogP contribution in [0.5, 0.6) is 5.75 Å². The Balaban J connectivity index is 1.83. The molecule has 4 nitrogen and oxygen atoms in total. The Morgan fingerprint density at radius 1 is 0.917 bits per heavy atom. The van der Waals surface area contributed by atoms with Crippen LogP contribution in [-0.2, 0) is 0 Å². The average Bonchev–Trinajstić information content (AvgIpc) is 3.01. The highest BCUT2D eigenvalue weighted by molar-refractivity contribution is 5.86. The fourth-order valence-electron chi connectivity index (χ4n) is 3.44. The Labute approximate surface area is 139 Å². The van der Waals surface area contributed by atoms with E-state index in [1.165, 1.54) is 0 Å². The number of phenols is 1. The first-order valence-corrected chi connectivity index (χ1v) is 7.93. The minimum atomic E-state index is -0.116. The first-order valence-electron chi connectivity index (χ1n) is 7.93. The summed E-state index contributed by atoms with van der Waals surface area (Å²) in [5, 5.41) is 13.5. The third-order valence-corrected chi connectivity index (χ3v) is 4.50. The van der Waals surface area contributed by atoms with Crippen LogP contribution in [0, 0.1) is 0 Å². The van der Waals surface area contributed by atoms with Gasteiger partial charge in [-0.15, -0.1) is 0 Å². The van der Waals surface area contributed by atoms with Crippen LogP contribution in [-0.4, -0.2) is 14.7 Å². The number of imidazole rings is 1. The van der Waals surface area contributed by atoms with Gasteiger partial charge < -0.3 is 10.4 Å². The van der Waals surface area contributed by atoms with Crippen LogP contribution in [0.25, 0.3) is 22.4 Å². The van der Waals surface area contributed by atoms with Crippen molar-refractivity contribution in [2.75, 3.05) is 5.32 Å². The summed E-state index contributed by atoms with van der Waals surface area (Å²) >= 11 is 0. The van der Waals surface area contributed by atoms with E-state index in [1.54, 1.807) is 12.1 Å². The maximum absolute atomic E-state index is 9.90. The van der Waals surface area contributed by atoms with Gasteiger partial charge in [0.2, 0.25) is 0 Å². The number of nitrogens with one attached hydrogen (secondary N) is 1. The number of hydrogen-bond acceptors (Lipinski definition) is 3. The number of phenolic OH excluding ortho intramolecular Hbond substituents is 1. The molecule has 0 aliphatic carbocycles. The second-order valence-corrected chi connectivity index (χ2v) is 5.98. The fraction of sp³-hybridized carbons (Fsp3) is 0.0500. The monoisotopic (exact) mass is 313 g/mol. The minimum absolute atomic E-state index is 0.116. The molecule has 5 rings (SSSR count). The lowest BCUT2D eigenvalue weighted by atomic mass is 10.1. The molecule has 2 N–H and O–H groups in total. The maximum atomic E-state index is 9.90. The molecule has 3 aromatic carbocycles. The molecule has 0 spiro atoms. The molecule has 1 unspecified atom stereocenters. The number of rotatable bonds is 1. The first kappa shape index (κ1) is 13.2. The number of benzene rings is 3. The Kier molecular flexibility index (Phi) is 2.67. The van der Waals surface area contributed by atoms with Crippen molar-refractivity contribution >= 4 is 16.7 Å². The zero-order valence-electron chi connectivity index (χ0n) is 12.8. The van der Waals surface area contributed by atoms with Gasteiger partial charge in [0, 0.05) is 11.3 Å². The quantitative estimate of drug-likeness (QED) is 0.548. The van der Waals surface area contributed by atoms with Crippen LogP contribution in [0.3, 0.4) is 0 Å². The van der Waals surface area contributed by atoms with E-state index in [0.29, 0.717) is 0 Å². The Hall–Kier alpha value is -3.27. The molecule has 0 fully saturated rings. The highest BCUT2D eigenvalue weighted by atomic mass is 16.3. The van der Waals surface area contributed by atoms with Crippen molar-refractivity contribution in [3.8, 4) is 17.1 Å². The average molecular weight is 313 g/mol. The van der Waals surface area contributed by atoms with E-state index in [1.807, 2.05) is 42.5 Å². The molecule has 116 valence electrons. The van der Waals surface area contributed by atoms with E-state index in [0.717, 1.165) is 33.7 Å². The van der Waals surface area contributed by atoms with Gasteiger partial charge in [-0.05, 0) is 42.0 Å². The van der Waals surface area contributed by atoms with Crippen molar-refractivity contribution in [2.24, 2.45) is 0 Å². The van der Waals surface area contributed by atoms with Crippen LogP contribution < -0.4 is 5.32 Å². The van der Waals surface area contributed by atoms with Gasteiger partial charge in [0.15, 0.2) is 0 Å². The van der Waals surface area contributed by atoms with Crippen molar-refractivity contribution in [3.05, 3.63) is 78.4 Å². The molecule has 1 aromatic heterocycles. The predicted octanol–water partition coefficient (Wildman–Crippen LogP) is 4.38. The molecule has 0 saturated heterocycles. The van der Waals surface area contributed by atoms with E-state index in [-0.39, 0.29) is 11.9 Å². The van der Waals surface area contributed by atoms with Gasteiger partial charge in [0.05, 0.1) is 11.0 Å². The van der Waals surface area contributed by atoms with Crippen LogP contribution >= 0.6 is 0 Å². The van der Waals surface area contributed by atoms with Gasteiger partial charge >= 0.3 is 0 Å². The van der Waals surface area contributed by atoms with E-state index < -0.39 is 0 Å². The van der Waals surface area contributed by atoms with Crippen LogP contribution in [0.1, 0.15) is 11.7 Å². The normalized spacial score (nSPS) is 15.6. The number of nitrogens with zero attached hydrogens (tertiary/aromatic N) is 2. The Bertz CT molecular complexity index is 1070. The zero-order valence-corrected chi connectivity index (χ0v) is 12.8. The molecule has 2 heterocycles. The highest BCUT2D eigenvalue weighted by Crippen LogP contribution is 2.40. The summed E-state index contributed by atoms with van der Waals surface area (Å²) in [4.78, 5) is 4.85. The van der Waals surface area contributed by atoms with E-state index in [9.17, 15) is 5.11 Å². The summed E-state index contributed by atoms with van der Waals surface area (Å²) in [6.45, 7) is 0. The lowest BCUT2D eigenvalue weighted by molar-refractivity contribution is 0.473. The molecule has 4 aromatic rings.